The number of rotatable bonds is 8. The lowest BCUT2D eigenvalue weighted by Gasteiger charge is -2.26. The number of carboxylic acid groups (broad SMARTS) is 1. The molecule has 1 atom stereocenters. The highest BCUT2D eigenvalue weighted by atomic mass is 16.6. The SMILES string of the molecule is CN(C(=O)OCc1ccccc1)C(COC(=O)Nc1cc2c(C(C)(C)C)cccc2cn1)CC(=O)O. The second kappa shape index (κ2) is 11.5. The molecular formula is C27H31N3O6. The summed E-state index contributed by atoms with van der Waals surface area (Å²) in [7, 11) is 1.40. The highest BCUT2D eigenvalue weighted by molar-refractivity contribution is 5.91. The summed E-state index contributed by atoms with van der Waals surface area (Å²) in [6.07, 6.45) is -0.284. The average molecular weight is 494 g/mol. The molecule has 9 nitrogen and oxygen atoms in total. The minimum absolute atomic E-state index is 0.0370. The van der Waals surface area contributed by atoms with Crippen molar-refractivity contribution < 1.29 is 29.0 Å². The summed E-state index contributed by atoms with van der Waals surface area (Å²) in [5, 5.41) is 13.8. The molecule has 2 N–H and O–H groups in total. The van der Waals surface area contributed by atoms with Crippen molar-refractivity contribution in [3.05, 3.63) is 71.9 Å². The molecule has 36 heavy (non-hydrogen) atoms. The Labute approximate surface area is 210 Å². The molecule has 0 saturated carbocycles. The van der Waals surface area contributed by atoms with Crippen LogP contribution < -0.4 is 5.32 Å². The van der Waals surface area contributed by atoms with Crippen LogP contribution in [0.4, 0.5) is 15.4 Å². The predicted octanol–water partition coefficient (Wildman–Crippen LogP) is 5.19. The van der Waals surface area contributed by atoms with Crippen LogP contribution in [0.15, 0.2) is 60.8 Å². The summed E-state index contributed by atoms with van der Waals surface area (Å²) in [4.78, 5) is 41.7. The number of ether oxygens (including phenoxy) is 2. The normalized spacial score (nSPS) is 12.0. The average Bonchev–Trinajstić information content (AvgIpc) is 2.84. The number of likely N-dealkylation sites (N-methyl/N-ethyl adjacent to an activating group) is 1. The number of hydrogen-bond donors (Lipinski definition) is 2. The van der Waals surface area contributed by atoms with Gasteiger partial charge >= 0.3 is 18.2 Å². The van der Waals surface area contributed by atoms with Crippen LogP contribution in [0.5, 0.6) is 0 Å². The Kier molecular flexibility index (Phi) is 8.47. The van der Waals surface area contributed by atoms with Crippen molar-refractivity contribution in [3.63, 3.8) is 0 Å². The van der Waals surface area contributed by atoms with Crippen molar-refractivity contribution in [3.8, 4) is 0 Å². The Hall–Kier alpha value is -4.14. The van der Waals surface area contributed by atoms with Gasteiger partial charge < -0.3 is 19.5 Å². The van der Waals surface area contributed by atoms with E-state index in [0.29, 0.717) is 5.82 Å². The molecule has 1 aromatic heterocycles. The molecule has 9 heteroatoms. The Balaban J connectivity index is 1.63. The zero-order chi connectivity index (χ0) is 26.3. The van der Waals surface area contributed by atoms with Crippen LogP contribution >= 0.6 is 0 Å². The van der Waals surface area contributed by atoms with Crippen molar-refractivity contribution in [2.75, 3.05) is 19.0 Å². The third-order valence-corrected chi connectivity index (χ3v) is 5.66. The molecule has 0 saturated heterocycles. The molecule has 1 heterocycles. The number of carbonyl (C=O) groups excluding carboxylic acids is 2. The summed E-state index contributed by atoms with van der Waals surface area (Å²) in [5.74, 6) is -0.841. The van der Waals surface area contributed by atoms with Crippen molar-refractivity contribution >= 4 is 34.7 Å². The van der Waals surface area contributed by atoms with Gasteiger partial charge in [0.15, 0.2) is 0 Å². The van der Waals surface area contributed by atoms with Gasteiger partial charge in [0.1, 0.15) is 19.0 Å². The van der Waals surface area contributed by atoms with E-state index in [1.807, 2.05) is 36.4 Å². The van der Waals surface area contributed by atoms with Crippen molar-refractivity contribution in [1.82, 2.24) is 9.88 Å². The fourth-order valence-electron chi connectivity index (χ4n) is 3.68. The van der Waals surface area contributed by atoms with Gasteiger partial charge in [0, 0.05) is 18.6 Å². The summed E-state index contributed by atoms with van der Waals surface area (Å²) >= 11 is 0. The summed E-state index contributed by atoms with van der Waals surface area (Å²) in [6, 6.07) is 15.9. The number of anilines is 1. The number of amides is 2. The molecule has 190 valence electrons. The summed E-state index contributed by atoms with van der Waals surface area (Å²) < 4.78 is 10.5. The molecule has 0 radical (unpaired) electrons. The number of aromatic nitrogens is 1. The molecule has 2 amide bonds. The van der Waals surface area contributed by atoms with Gasteiger partial charge in [-0.25, -0.2) is 14.6 Å². The minimum Gasteiger partial charge on any atom is -0.481 e. The lowest BCUT2D eigenvalue weighted by Crippen LogP contribution is -2.42. The third kappa shape index (κ3) is 7.18. The molecular weight excluding hydrogens is 462 g/mol. The quantitative estimate of drug-likeness (QED) is 0.443. The first-order valence-electron chi connectivity index (χ1n) is 11.5. The van der Waals surface area contributed by atoms with E-state index in [-0.39, 0.29) is 18.6 Å². The molecule has 1 unspecified atom stereocenters. The number of aliphatic carboxylic acids is 1. The first-order chi connectivity index (χ1) is 17.0. The van der Waals surface area contributed by atoms with Gasteiger partial charge in [-0.1, -0.05) is 69.3 Å². The van der Waals surface area contributed by atoms with Crippen molar-refractivity contribution in [1.29, 1.82) is 0 Å². The van der Waals surface area contributed by atoms with Gasteiger partial charge in [-0.3, -0.25) is 10.1 Å². The van der Waals surface area contributed by atoms with Gasteiger partial charge in [0.2, 0.25) is 0 Å². The van der Waals surface area contributed by atoms with Crippen LogP contribution in [-0.2, 0) is 26.3 Å². The first-order valence-corrected chi connectivity index (χ1v) is 11.5. The number of hydrogen-bond acceptors (Lipinski definition) is 6. The lowest BCUT2D eigenvalue weighted by atomic mass is 9.84. The highest BCUT2D eigenvalue weighted by Gasteiger charge is 2.26. The Bertz CT molecular complexity index is 1220. The van der Waals surface area contributed by atoms with E-state index in [9.17, 15) is 19.5 Å². The van der Waals surface area contributed by atoms with E-state index in [4.69, 9.17) is 9.47 Å². The van der Waals surface area contributed by atoms with Crippen LogP contribution in [0, 0.1) is 0 Å². The zero-order valence-corrected chi connectivity index (χ0v) is 20.9. The molecule has 0 aliphatic heterocycles. The minimum atomic E-state index is -1.14. The monoisotopic (exact) mass is 493 g/mol. The number of nitrogens with zero attached hydrogens (tertiary/aromatic N) is 2. The maximum absolute atomic E-state index is 12.5. The third-order valence-electron chi connectivity index (χ3n) is 5.66. The number of carbonyl (C=O) groups is 3. The highest BCUT2D eigenvalue weighted by Crippen LogP contribution is 2.30. The second-order valence-electron chi connectivity index (χ2n) is 9.47. The smallest absolute Gasteiger partial charge is 0.412 e. The number of carboxylic acids is 1. The molecule has 0 spiro atoms. The Morgan fingerprint density at radius 3 is 2.44 bits per heavy atom. The van der Waals surface area contributed by atoms with Gasteiger partial charge in [-0.05, 0) is 28.0 Å². The first kappa shape index (κ1) is 26.5. The summed E-state index contributed by atoms with van der Waals surface area (Å²) in [5.41, 5.74) is 1.79. The number of pyridine rings is 1. The van der Waals surface area contributed by atoms with Gasteiger partial charge in [0.05, 0.1) is 12.5 Å². The molecule has 3 rings (SSSR count). The fraction of sp³-hybridized carbons (Fsp3) is 0.333. The van der Waals surface area contributed by atoms with Gasteiger partial charge in [-0.2, -0.15) is 0 Å². The van der Waals surface area contributed by atoms with Gasteiger partial charge in [-0.15, -0.1) is 0 Å². The lowest BCUT2D eigenvalue weighted by molar-refractivity contribution is -0.138. The number of nitrogens with one attached hydrogen (secondary N) is 1. The van der Waals surface area contributed by atoms with Crippen molar-refractivity contribution in [2.45, 2.75) is 45.3 Å². The number of fused-ring (bicyclic) bond motifs is 1. The van der Waals surface area contributed by atoms with Gasteiger partial charge in [0.25, 0.3) is 0 Å². The van der Waals surface area contributed by atoms with E-state index in [2.05, 4.69) is 31.1 Å². The van der Waals surface area contributed by atoms with Crippen LogP contribution in [0.2, 0.25) is 0 Å². The van der Waals surface area contributed by atoms with Crippen LogP contribution in [0.25, 0.3) is 10.8 Å². The standard InChI is InChI=1S/C27H31N3O6/c1-27(2,3)22-12-8-11-19-15-28-23(14-21(19)22)29-25(33)35-17-20(13-24(31)32)30(4)26(34)36-16-18-9-6-5-7-10-18/h5-12,14-15,20H,13,16-17H2,1-4H3,(H,31,32)(H,28,29,33). The molecule has 0 aliphatic carbocycles. The Morgan fingerprint density at radius 2 is 1.78 bits per heavy atom. The maximum atomic E-state index is 12.5. The van der Waals surface area contributed by atoms with Crippen LogP contribution in [-0.4, -0.2) is 52.8 Å². The Morgan fingerprint density at radius 1 is 1.06 bits per heavy atom. The predicted molar refractivity (Wildman–Crippen MR) is 136 cm³/mol. The fourth-order valence-corrected chi connectivity index (χ4v) is 3.68. The van der Waals surface area contributed by atoms with Crippen LogP contribution in [0.3, 0.4) is 0 Å². The zero-order valence-electron chi connectivity index (χ0n) is 20.9. The van der Waals surface area contributed by atoms with E-state index in [1.54, 1.807) is 24.4 Å². The number of benzene rings is 2. The second-order valence-corrected chi connectivity index (χ2v) is 9.47. The van der Waals surface area contributed by atoms with E-state index in [1.165, 1.54) is 7.05 Å². The maximum Gasteiger partial charge on any atom is 0.412 e. The van der Waals surface area contributed by atoms with Crippen LogP contribution in [0.1, 0.15) is 38.3 Å². The van der Waals surface area contributed by atoms with E-state index >= 15 is 0 Å². The molecule has 0 aliphatic rings. The van der Waals surface area contributed by atoms with Crippen molar-refractivity contribution in [2.24, 2.45) is 0 Å². The molecule has 2 aromatic carbocycles. The largest absolute Gasteiger partial charge is 0.481 e. The molecule has 0 bridgehead atoms. The van der Waals surface area contributed by atoms with E-state index in [0.717, 1.165) is 26.8 Å². The van der Waals surface area contributed by atoms with E-state index < -0.39 is 30.6 Å². The molecule has 0 fully saturated rings. The molecule has 3 aromatic rings. The summed E-state index contributed by atoms with van der Waals surface area (Å²) in [6.45, 7) is 6.01. The topological polar surface area (TPSA) is 118 Å².